The third-order valence-corrected chi connectivity index (χ3v) is 7.02. The van der Waals surface area contributed by atoms with Crippen molar-refractivity contribution in [3.8, 4) is 0 Å². The van der Waals surface area contributed by atoms with E-state index in [1.807, 2.05) is 39.0 Å². The SMILES string of the molecule is CC=Cc1ccc(C(=O)N[C@@H]2CCCN(c3cnc(C(N)=O)c(Nc4cc(C)ns4)c3)[C@@H]2C)c(F)c1. The minimum atomic E-state index is -0.635. The Morgan fingerprint density at radius 2 is 2.08 bits per heavy atom. The molecule has 0 radical (unpaired) electrons. The van der Waals surface area contributed by atoms with Gasteiger partial charge in [-0.05, 0) is 75.0 Å². The van der Waals surface area contributed by atoms with Crippen LogP contribution in [-0.2, 0) is 0 Å². The summed E-state index contributed by atoms with van der Waals surface area (Å²) >= 11 is 1.28. The molecule has 36 heavy (non-hydrogen) atoms. The van der Waals surface area contributed by atoms with Crippen LogP contribution in [0, 0.1) is 12.7 Å². The first-order valence-corrected chi connectivity index (χ1v) is 12.5. The lowest BCUT2D eigenvalue weighted by Gasteiger charge is -2.41. The number of benzene rings is 1. The maximum Gasteiger partial charge on any atom is 0.269 e. The monoisotopic (exact) mass is 508 g/mol. The Kier molecular flexibility index (Phi) is 7.64. The van der Waals surface area contributed by atoms with Crippen molar-refractivity contribution < 1.29 is 14.0 Å². The van der Waals surface area contributed by atoms with E-state index in [4.69, 9.17) is 5.73 Å². The smallest absolute Gasteiger partial charge is 0.269 e. The zero-order chi connectivity index (χ0) is 25.8. The maximum absolute atomic E-state index is 14.6. The lowest BCUT2D eigenvalue weighted by atomic mass is 9.96. The second-order valence-electron chi connectivity index (χ2n) is 8.81. The summed E-state index contributed by atoms with van der Waals surface area (Å²) in [5.74, 6) is -1.63. The first-order chi connectivity index (χ1) is 17.3. The van der Waals surface area contributed by atoms with Crippen molar-refractivity contribution >= 4 is 45.8 Å². The van der Waals surface area contributed by atoms with Gasteiger partial charge in [0, 0.05) is 18.6 Å². The van der Waals surface area contributed by atoms with Crippen LogP contribution in [0.5, 0.6) is 0 Å². The second kappa shape index (κ2) is 10.9. The molecule has 1 saturated heterocycles. The number of allylic oxidation sites excluding steroid dienone is 1. The number of piperidine rings is 1. The second-order valence-corrected chi connectivity index (χ2v) is 9.61. The average Bonchev–Trinajstić information content (AvgIpc) is 3.25. The number of hydrogen-bond donors (Lipinski definition) is 3. The molecule has 0 saturated carbocycles. The van der Waals surface area contributed by atoms with E-state index >= 15 is 0 Å². The van der Waals surface area contributed by atoms with E-state index in [0.717, 1.165) is 35.8 Å². The molecule has 1 aliphatic heterocycles. The quantitative estimate of drug-likeness (QED) is 0.428. The predicted molar refractivity (Wildman–Crippen MR) is 141 cm³/mol. The van der Waals surface area contributed by atoms with Crippen LogP contribution in [0.4, 0.5) is 20.8 Å². The number of primary amides is 1. The topological polar surface area (TPSA) is 113 Å². The number of pyridine rings is 1. The van der Waals surface area contributed by atoms with Crippen molar-refractivity contribution in [1.29, 1.82) is 0 Å². The molecule has 2 atom stereocenters. The highest BCUT2D eigenvalue weighted by Gasteiger charge is 2.31. The van der Waals surface area contributed by atoms with Crippen molar-refractivity contribution in [3.05, 3.63) is 70.9 Å². The Morgan fingerprint density at radius 3 is 2.75 bits per heavy atom. The van der Waals surface area contributed by atoms with E-state index < -0.39 is 17.6 Å². The molecule has 1 aliphatic rings. The van der Waals surface area contributed by atoms with Gasteiger partial charge in [-0.25, -0.2) is 9.37 Å². The predicted octanol–water partition coefficient (Wildman–Crippen LogP) is 4.65. The van der Waals surface area contributed by atoms with Gasteiger partial charge in [-0.2, -0.15) is 4.37 Å². The Balaban J connectivity index is 1.54. The number of aromatic nitrogens is 2. The highest BCUT2D eigenvalue weighted by Crippen LogP contribution is 2.31. The highest BCUT2D eigenvalue weighted by molar-refractivity contribution is 7.10. The molecule has 2 amide bonds. The molecule has 4 N–H and O–H groups in total. The molecule has 8 nitrogen and oxygen atoms in total. The molecular weight excluding hydrogens is 479 g/mol. The summed E-state index contributed by atoms with van der Waals surface area (Å²) in [7, 11) is 0. The number of carbonyl (C=O) groups excluding carboxylic acids is 2. The molecule has 188 valence electrons. The van der Waals surface area contributed by atoms with Crippen molar-refractivity contribution in [1.82, 2.24) is 14.7 Å². The molecule has 0 aliphatic carbocycles. The molecule has 1 aromatic carbocycles. The number of rotatable bonds is 7. The number of aryl methyl sites for hydroxylation is 1. The number of amides is 2. The van der Waals surface area contributed by atoms with Crippen LogP contribution in [0.1, 0.15) is 58.8 Å². The molecule has 3 aromatic rings. The van der Waals surface area contributed by atoms with Crippen molar-refractivity contribution in [3.63, 3.8) is 0 Å². The summed E-state index contributed by atoms with van der Waals surface area (Å²) in [5, 5.41) is 6.98. The van der Waals surface area contributed by atoms with Gasteiger partial charge in [-0.3, -0.25) is 9.59 Å². The van der Waals surface area contributed by atoms with Crippen LogP contribution >= 0.6 is 11.5 Å². The van der Waals surface area contributed by atoms with E-state index in [9.17, 15) is 14.0 Å². The largest absolute Gasteiger partial charge is 0.365 e. The highest BCUT2D eigenvalue weighted by atomic mass is 32.1. The van der Waals surface area contributed by atoms with E-state index in [-0.39, 0.29) is 23.3 Å². The van der Waals surface area contributed by atoms with Gasteiger partial charge in [0.15, 0.2) is 5.69 Å². The number of nitrogens with two attached hydrogens (primary N) is 1. The third-order valence-electron chi connectivity index (χ3n) is 6.23. The lowest BCUT2D eigenvalue weighted by molar-refractivity contribution is 0.0919. The molecule has 0 spiro atoms. The molecular formula is C26H29FN6O2S. The van der Waals surface area contributed by atoms with Crippen LogP contribution in [0.3, 0.4) is 0 Å². The van der Waals surface area contributed by atoms with Gasteiger partial charge < -0.3 is 21.3 Å². The van der Waals surface area contributed by atoms with Crippen LogP contribution < -0.4 is 21.3 Å². The Labute approximate surface area is 213 Å². The minimum absolute atomic E-state index is 0.0198. The molecule has 1 fully saturated rings. The molecule has 3 heterocycles. The number of anilines is 3. The van der Waals surface area contributed by atoms with Crippen LogP contribution in [0.15, 0.2) is 42.6 Å². The number of nitrogens with one attached hydrogen (secondary N) is 2. The van der Waals surface area contributed by atoms with Gasteiger partial charge in [0.25, 0.3) is 11.8 Å². The van der Waals surface area contributed by atoms with Gasteiger partial charge in [0.2, 0.25) is 0 Å². The fourth-order valence-electron chi connectivity index (χ4n) is 4.42. The normalized spacial score (nSPS) is 17.8. The molecule has 0 unspecified atom stereocenters. The van der Waals surface area contributed by atoms with Gasteiger partial charge in [0.05, 0.1) is 28.8 Å². The average molecular weight is 509 g/mol. The standard InChI is InChI=1S/C26H29FN6O2S/c1-4-6-17-8-9-19(20(27)12-17)26(35)31-21-7-5-10-33(16(21)3)18-13-22(24(25(28)34)29-14-18)30-23-11-15(2)32-36-23/h4,6,8-9,11-14,16,21,30H,5,7,10H2,1-3H3,(H2,28,34)(H,31,35)/t16-,21-/m1/s1. The summed E-state index contributed by atoms with van der Waals surface area (Å²) in [5.41, 5.74) is 8.55. The summed E-state index contributed by atoms with van der Waals surface area (Å²) in [6, 6.07) is 8.02. The maximum atomic E-state index is 14.6. The van der Waals surface area contributed by atoms with Gasteiger partial charge in [0.1, 0.15) is 10.8 Å². The van der Waals surface area contributed by atoms with Crippen LogP contribution in [0.2, 0.25) is 0 Å². The zero-order valence-electron chi connectivity index (χ0n) is 20.4. The number of hydrogen-bond acceptors (Lipinski definition) is 7. The Morgan fingerprint density at radius 1 is 1.28 bits per heavy atom. The fraction of sp³-hybridized carbons (Fsp3) is 0.308. The first kappa shape index (κ1) is 25.3. The number of nitrogens with zero attached hydrogens (tertiary/aromatic N) is 3. The molecule has 4 rings (SSSR count). The lowest BCUT2D eigenvalue weighted by Crippen LogP contribution is -2.54. The van der Waals surface area contributed by atoms with E-state index in [0.29, 0.717) is 11.3 Å². The van der Waals surface area contributed by atoms with Crippen LogP contribution in [-0.4, -0.2) is 39.8 Å². The summed E-state index contributed by atoms with van der Waals surface area (Å²) in [4.78, 5) is 31.3. The molecule has 2 aromatic heterocycles. The third kappa shape index (κ3) is 5.54. The fourth-order valence-corrected chi connectivity index (χ4v) is 5.09. The first-order valence-electron chi connectivity index (χ1n) is 11.8. The summed E-state index contributed by atoms with van der Waals surface area (Å²) < 4.78 is 18.8. The van der Waals surface area contributed by atoms with Crippen molar-refractivity contribution in [2.24, 2.45) is 5.73 Å². The van der Waals surface area contributed by atoms with E-state index in [2.05, 4.69) is 24.9 Å². The van der Waals surface area contributed by atoms with Gasteiger partial charge in [-0.15, -0.1) is 0 Å². The summed E-state index contributed by atoms with van der Waals surface area (Å²) in [6.45, 7) is 6.50. The van der Waals surface area contributed by atoms with E-state index in [1.165, 1.54) is 23.7 Å². The minimum Gasteiger partial charge on any atom is -0.365 e. The van der Waals surface area contributed by atoms with Crippen LogP contribution in [0.25, 0.3) is 6.08 Å². The van der Waals surface area contributed by atoms with E-state index in [1.54, 1.807) is 18.3 Å². The number of halogens is 1. The van der Waals surface area contributed by atoms with Crippen molar-refractivity contribution in [2.45, 2.75) is 45.7 Å². The van der Waals surface area contributed by atoms with Gasteiger partial charge >= 0.3 is 0 Å². The van der Waals surface area contributed by atoms with Crippen molar-refractivity contribution in [2.75, 3.05) is 16.8 Å². The molecule has 10 heteroatoms. The zero-order valence-corrected chi connectivity index (χ0v) is 21.2. The Hall–Kier alpha value is -3.79. The van der Waals surface area contributed by atoms with Gasteiger partial charge in [-0.1, -0.05) is 18.2 Å². The summed E-state index contributed by atoms with van der Waals surface area (Å²) in [6.07, 6.45) is 6.80. The number of carbonyl (C=O) groups is 2. The Bertz CT molecular complexity index is 1310. The molecule has 0 bridgehead atoms.